The van der Waals surface area contributed by atoms with Gasteiger partial charge in [-0.1, -0.05) is 36.4 Å². The highest BCUT2D eigenvalue weighted by atomic mass is 16.6. The van der Waals surface area contributed by atoms with Gasteiger partial charge in [0.05, 0.1) is 6.04 Å². The first-order valence-electron chi connectivity index (χ1n) is 12.5. The minimum atomic E-state index is -1.29. The molecule has 194 valence electrons. The fraction of sp³-hybridized carbons (Fsp3) is 0.233. The quantitative estimate of drug-likeness (QED) is 0.277. The summed E-state index contributed by atoms with van der Waals surface area (Å²) in [6.45, 7) is 3.62. The van der Waals surface area contributed by atoms with E-state index < -0.39 is 11.6 Å². The Morgan fingerprint density at radius 2 is 1.84 bits per heavy atom. The normalized spacial score (nSPS) is 13.7. The number of aromatic nitrogens is 2. The average Bonchev–Trinajstić information content (AvgIpc) is 3.55. The van der Waals surface area contributed by atoms with Crippen LogP contribution in [0.1, 0.15) is 36.8 Å². The van der Waals surface area contributed by atoms with Gasteiger partial charge in [-0.3, -0.25) is 9.78 Å². The Morgan fingerprint density at radius 3 is 2.63 bits per heavy atom. The average molecular weight is 511 g/mol. The molecule has 2 atom stereocenters. The summed E-state index contributed by atoms with van der Waals surface area (Å²) in [7, 11) is 1.74. The lowest BCUT2D eigenvalue weighted by Gasteiger charge is -2.36. The van der Waals surface area contributed by atoms with E-state index in [2.05, 4.69) is 15.3 Å². The standard InChI is InChI=1S/C30H30N4O4/c1-20(21-12-14-31-15-13-21)34(3)28(35)30(2,17-23-18-32-26-10-6-5-9-25(23)26)33-29(36)37-19-24-16-22-8-4-7-11-27(22)38-24/h4-16,18,20,32H,17,19H2,1-3H3,(H,33,36)/t20-,30+/m0/s1. The van der Waals surface area contributed by atoms with Crippen molar-refractivity contribution in [1.29, 1.82) is 0 Å². The molecule has 0 saturated carbocycles. The van der Waals surface area contributed by atoms with Gasteiger partial charge < -0.3 is 24.4 Å². The van der Waals surface area contributed by atoms with Crippen LogP contribution in [0.5, 0.6) is 0 Å². The first-order chi connectivity index (χ1) is 18.3. The van der Waals surface area contributed by atoms with Gasteiger partial charge in [0, 0.05) is 48.3 Å². The van der Waals surface area contributed by atoms with Crippen molar-refractivity contribution in [2.24, 2.45) is 0 Å². The van der Waals surface area contributed by atoms with Crippen LogP contribution < -0.4 is 5.32 Å². The number of pyridine rings is 1. The largest absolute Gasteiger partial charge is 0.457 e. The van der Waals surface area contributed by atoms with Gasteiger partial charge in [-0.2, -0.15) is 0 Å². The number of para-hydroxylation sites is 2. The molecule has 0 bridgehead atoms. The van der Waals surface area contributed by atoms with E-state index in [0.29, 0.717) is 5.76 Å². The van der Waals surface area contributed by atoms with E-state index in [0.717, 1.165) is 33.0 Å². The van der Waals surface area contributed by atoms with Crippen LogP contribution in [0.2, 0.25) is 0 Å². The monoisotopic (exact) mass is 510 g/mol. The van der Waals surface area contributed by atoms with Gasteiger partial charge in [0.15, 0.2) is 6.61 Å². The van der Waals surface area contributed by atoms with Gasteiger partial charge in [0.25, 0.3) is 0 Å². The van der Waals surface area contributed by atoms with Crippen LogP contribution in [0.15, 0.2) is 89.7 Å². The minimum absolute atomic E-state index is 0.0544. The van der Waals surface area contributed by atoms with E-state index in [-0.39, 0.29) is 25.0 Å². The highest BCUT2D eigenvalue weighted by Crippen LogP contribution is 2.27. The predicted octanol–water partition coefficient (Wildman–Crippen LogP) is 5.76. The van der Waals surface area contributed by atoms with Crippen molar-refractivity contribution in [3.63, 3.8) is 0 Å². The molecule has 0 spiro atoms. The number of alkyl carbamates (subject to hydrolysis) is 1. The second-order valence-corrected chi connectivity index (χ2v) is 9.69. The summed E-state index contributed by atoms with van der Waals surface area (Å²) in [5, 5.41) is 4.79. The molecule has 0 fully saturated rings. The Morgan fingerprint density at radius 1 is 1.11 bits per heavy atom. The number of nitrogens with one attached hydrogen (secondary N) is 2. The summed E-state index contributed by atoms with van der Waals surface area (Å²) in [6.07, 6.45) is 4.84. The number of amides is 2. The molecule has 3 heterocycles. The maximum atomic E-state index is 14.0. The molecule has 8 nitrogen and oxygen atoms in total. The second kappa shape index (κ2) is 10.4. The molecule has 2 aromatic carbocycles. The number of nitrogens with zero attached hydrogens (tertiary/aromatic N) is 2. The van der Waals surface area contributed by atoms with E-state index in [1.165, 1.54) is 0 Å². The van der Waals surface area contributed by atoms with E-state index in [4.69, 9.17) is 9.15 Å². The molecule has 38 heavy (non-hydrogen) atoms. The molecule has 5 rings (SSSR count). The van der Waals surface area contributed by atoms with Crippen LogP contribution in [0.25, 0.3) is 21.9 Å². The topological polar surface area (TPSA) is 100 Å². The maximum Gasteiger partial charge on any atom is 0.408 e. The molecule has 8 heteroatoms. The summed E-state index contributed by atoms with van der Waals surface area (Å²) in [6, 6.07) is 20.8. The van der Waals surface area contributed by atoms with Crippen molar-refractivity contribution in [2.45, 2.75) is 38.5 Å². The van der Waals surface area contributed by atoms with Gasteiger partial charge >= 0.3 is 6.09 Å². The number of carbonyl (C=O) groups excluding carboxylic acids is 2. The zero-order chi connectivity index (χ0) is 26.7. The number of carbonyl (C=O) groups is 2. The third-order valence-corrected chi connectivity index (χ3v) is 6.98. The number of hydrogen-bond acceptors (Lipinski definition) is 5. The second-order valence-electron chi connectivity index (χ2n) is 9.69. The third kappa shape index (κ3) is 5.11. The Balaban J connectivity index is 1.38. The molecule has 3 aromatic heterocycles. The molecular weight excluding hydrogens is 480 g/mol. The smallest absolute Gasteiger partial charge is 0.408 e. The van der Waals surface area contributed by atoms with Crippen LogP contribution in [-0.2, 0) is 22.6 Å². The van der Waals surface area contributed by atoms with Gasteiger partial charge in [-0.15, -0.1) is 0 Å². The van der Waals surface area contributed by atoms with Crippen molar-refractivity contribution < 1.29 is 18.7 Å². The molecule has 2 N–H and O–H groups in total. The number of likely N-dealkylation sites (N-methyl/N-ethyl adjacent to an activating group) is 1. The van der Waals surface area contributed by atoms with Crippen LogP contribution in [0.3, 0.4) is 0 Å². The first-order valence-corrected chi connectivity index (χ1v) is 12.5. The van der Waals surface area contributed by atoms with Gasteiger partial charge in [-0.05, 0) is 55.3 Å². The van der Waals surface area contributed by atoms with Crippen molar-refractivity contribution in [2.75, 3.05) is 7.05 Å². The molecule has 2 amide bonds. The number of rotatable bonds is 8. The summed E-state index contributed by atoms with van der Waals surface area (Å²) in [4.78, 5) is 36.0. The molecular formula is C30H30N4O4. The number of furan rings is 1. The summed E-state index contributed by atoms with van der Waals surface area (Å²) >= 11 is 0. The Kier molecular flexibility index (Phi) is 6.87. The van der Waals surface area contributed by atoms with Gasteiger partial charge in [0.1, 0.15) is 16.9 Å². The fourth-order valence-corrected chi connectivity index (χ4v) is 4.77. The van der Waals surface area contributed by atoms with Gasteiger partial charge in [-0.25, -0.2) is 4.79 Å². The van der Waals surface area contributed by atoms with Crippen LogP contribution in [0, 0.1) is 0 Å². The summed E-state index contributed by atoms with van der Waals surface area (Å²) in [5.41, 5.74) is 2.25. The number of hydrogen-bond donors (Lipinski definition) is 2. The van der Waals surface area contributed by atoms with E-state index >= 15 is 0 Å². The van der Waals surface area contributed by atoms with Crippen LogP contribution in [0.4, 0.5) is 4.79 Å². The molecule has 0 radical (unpaired) electrons. The zero-order valence-electron chi connectivity index (χ0n) is 21.6. The number of aromatic amines is 1. The van der Waals surface area contributed by atoms with Crippen LogP contribution in [-0.4, -0.2) is 39.5 Å². The number of benzene rings is 2. The van der Waals surface area contributed by atoms with Gasteiger partial charge in [0.2, 0.25) is 5.91 Å². The molecule has 0 unspecified atom stereocenters. The SMILES string of the molecule is C[C@@H](c1ccncc1)N(C)C(=O)[C@@](C)(Cc1c[nH]c2ccccc12)NC(=O)OCc1cc2ccccc2o1. The highest BCUT2D eigenvalue weighted by molar-refractivity contribution is 5.91. The Hall–Kier alpha value is -4.59. The third-order valence-electron chi connectivity index (χ3n) is 6.98. The van der Waals surface area contributed by atoms with Crippen molar-refractivity contribution in [3.05, 3.63) is 102 Å². The zero-order valence-corrected chi connectivity index (χ0v) is 21.6. The molecule has 5 aromatic rings. The Labute approximate surface area is 220 Å². The van der Waals surface area contributed by atoms with E-state index in [1.807, 2.05) is 79.9 Å². The highest BCUT2D eigenvalue weighted by Gasteiger charge is 2.40. The van der Waals surface area contributed by atoms with Crippen LogP contribution >= 0.6 is 0 Å². The maximum absolute atomic E-state index is 14.0. The lowest BCUT2D eigenvalue weighted by molar-refractivity contribution is -0.138. The number of ether oxygens (including phenoxy) is 1. The van der Waals surface area contributed by atoms with E-state index in [1.54, 1.807) is 31.3 Å². The minimum Gasteiger partial charge on any atom is -0.457 e. The molecule has 0 aliphatic rings. The fourth-order valence-electron chi connectivity index (χ4n) is 4.77. The number of fused-ring (bicyclic) bond motifs is 2. The molecule has 0 aliphatic carbocycles. The van der Waals surface area contributed by atoms with E-state index in [9.17, 15) is 9.59 Å². The molecule has 0 saturated heterocycles. The molecule has 0 aliphatic heterocycles. The summed E-state index contributed by atoms with van der Waals surface area (Å²) < 4.78 is 11.3. The van der Waals surface area contributed by atoms with Crippen molar-refractivity contribution in [3.8, 4) is 0 Å². The first kappa shape index (κ1) is 25.1. The lowest BCUT2D eigenvalue weighted by atomic mass is 9.90. The van der Waals surface area contributed by atoms with Crippen molar-refractivity contribution >= 4 is 33.9 Å². The predicted molar refractivity (Wildman–Crippen MR) is 145 cm³/mol. The summed E-state index contributed by atoms with van der Waals surface area (Å²) in [5.74, 6) is 0.280. The lowest BCUT2D eigenvalue weighted by Crippen LogP contribution is -2.58. The number of H-pyrrole nitrogens is 1. The van der Waals surface area contributed by atoms with Crippen molar-refractivity contribution in [1.82, 2.24) is 20.2 Å². The Bertz CT molecular complexity index is 1540.